The molecule has 1 heterocycles. The third kappa shape index (κ3) is 4.06. The quantitative estimate of drug-likeness (QED) is 0.610. The lowest BCUT2D eigenvalue weighted by Crippen LogP contribution is -2.17. The van der Waals surface area contributed by atoms with Crippen LogP contribution in [0.3, 0.4) is 0 Å². The van der Waals surface area contributed by atoms with Gasteiger partial charge in [-0.15, -0.1) is 0 Å². The SMILES string of the molecule is CCn1c(SCC(=O)Nc2cc(C(N)=O)ccc2OC)nc2ccccc21. The number of imidazole rings is 1. The zero-order valence-electron chi connectivity index (χ0n) is 15.1. The largest absolute Gasteiger partial charge is 0.495 e. The van der Waals surface area contributed by atoms with Gasteiger partial charge < -0.3 is 20.4 Å². The number of nitrogens with two attached hydrogens (primary N) is 1. The lowest BCUT2D eigenvalue weighted by atomic mass is 10.1. The van der Waals surface area contributed by atoms with Gasteiger partial charge in [-0.1, -0.05) is 23.9 Å². The van der Waals surface area contributed by atoms with E-state index in [1.165, 1.54) is 24.9 Å². The molecule has 3 aromatic rings. The second-order valence-corrected chi connectivity index (χ2v) is 6.69. The van der Waals surface area contributed by atoms with Crippen molar-refractivity contribution in [3.8, 4) is 5.75 Å². The van der Waals surface area contributed by atoms with Crippen molar-refractivity contribution >= 4 is 40.3 Å². The maximum atomic E-state index is 12.4. The molecule has 0 spiro atoms. The molecule has 0 atom stereocenters. The summed E-state index contributed by atoms with van der Waals surface area (Å²) in [5.41, 5.74) is 7.95. The molecule has 0 fully saturated rings. The predicted molar refractivity (Wildman–Crippen MR) is 106 cm³/mol. The van der Waals surface area contributed by atoms with Crippen LogP contribution in [-0.2, 0) is 11.3 Å². The van der Waals surface area contributed by atoms with Gasteiger partial charge in [-0.2, -0.15) is 0 Å². The van der Waals surface area contributed by atoms with Crippen LogP contribution < -0.4 is 15.8 Å². The smallest absolute Gasteiger partial charge is 0.248 e. The highest BCUT2D eigenvalue weighted by Crippen LogP contribution is 2.27. The van der Waals surface area contributed by atoms with Crippen LogP contribution in [0.4, 0.5) is 5.69 Å². The van der Waals surface area contributed by atoms with Crippen LogP contribution >= 0.6 is 11.8 Å². The fourth-order valence-electron chi connectivity index (χ4n) is 2.74. The van der Waals surface area contributed by atoms with E-state index in [2.05, 4.69) is 14.9 Å². The zero-order valence-corrected chi connectivity index (χ0v) is 15.9. The number of carbonyl (C=O) groups is 2. The Morgan fingerprint density at radius 2 is 2.04 bits per heavy atom. The maximum absolute atomic E-state index is 12.4. The van der Waals surface area contributed by atoms with E-state index < -0.39 is 5.91 Å². The number of anilines is 1. The van der Waals surface area contributed by atoms with Gasteiger partial charge in [-0.3, -0.25) is 9.59 Å². The molecule has 140 valence electrons. The number of nitrogens with one attached hydrogen (secondary N) is 1. The van der Waals surface area contributed by atoms with E-state index in [9.17, 15) is 9.59 Å². The fourth-order valence-corrected chi connectivity index (χ4v) is 3.62. The van der Waals surface area contributed by atoms with Crippen molar-refractivity contribution in [2.24, 2.45) is 5.73 Å². The van der Waals surface area contributed by atoms with E-state index >= 15 is 0 Å². The molecule has 8 heteroatoms. The second-order valence-electron chi connectivity index (χ2n) is 5.74. The lowest BCUT2D eigenvalue weighted by Gasteiger charge is -2.11. The number of hydrogen-bond acceptors (Lipinski definition) is 5. The molecule has 0 saturated carbocycles. The van der Waals surface area contributed by atoms with Crippen LogP contribution in [0.15, 0.2) is 47.6 Å². The second kappa shape index (κ2) is 8.13. The van der Waals surface area contributed by atoms with Crippen molar-refractivity contribution < 1.29 is 14.3 Å². The third-order valence-corrected chi connectivity index (χ3v) is 5.00. The first-order valence-corrected chi connectivity index (χ1v) is 9.37. The highest BCUT2D eigenvalue weighted by Gasteiger charge is 2.14. The van der Waals surface area contributed by atoms with E-state index in [-0.39, 0.29) is 11.7 Å². The van der Waals surface area contributed by atoms with Crippen molar-refractivity contribution in [3.63, 3.8) is 0 Å². The minimum Gasteiger partial charge on any atom is -0.495 e. The number of para-hydroxylation sites is 2. The molecule has 2 aromatic carbocycles. The Bertz CT molecular complexity index is 1000. The Morgan fingerprint density at radius 3 is 2.74 bits per heavy atom. The van der Waals surface area contributed by atoms with Crippen LogP contribution in [-0.4, -0.2) is 34.2 Å². The number of carbonyl (C=O) groups excluding carboxylic acids is 2. The van der Waals surface area contributed by atoms with Crippen LogP contribution in [0.5, 0.6) is 5.75 Å². The number of methoxy groups -OCH3 is 1. The van der Waals surface area contributed by atoms with Gasteiger partial charge in [0.05, 0.1) is 29.6 Å². The van der Waals surface area contributed by atoms with Gasteiger partial charge in [0.25, 0.3) is 0 Å². The van der Waals surface area contributed by atoms with Crippen LogP contribution in [0.2, 0.25) is 0 Å². The first kappa shape index (κ1) is 18.8. The number of amides is 2. The van der Waals surface area contributed by atoms with E-state index in [0.717, 1.165) is 22.7 Å². The van der Waals surface area contributed by atoms with Gasteiger partial charge in [-0.05, 0) is 37.3 Å². The molecule has 0 aliphatic carbocycles. The lowest BCUT2D eigenvalue weighted by molar-refractivity contribution is -0.113. The first-order chi connectivity index (χ1) is 13.0. The molecule has 7 nitrogen and oxygen atoms in total. The number of primary amides is 1. The third-order valence-electron chi connectivity index (χ3n) is 4.03. The number of fused-ring (bicyclic) bond motifs is 1. The molecule has 3 N–H and O–H groups in total. The Kier molecular flexibility index (Phi) is 5.66. The summed E-state index contributed by atoms with van der Waals surface area (Å²) in [6.45, 7) is 2.80. The molecule has 27 heavy (non-hydrogen) atoms. The topological polar surface area (TPSA) is 99.2 Å². The summed E-state index contributed by atoms with van der Waals surface area (Å²) < 4.78 is 7.30. The van der Waals surface area contributed by atoms with Gasteiger partial charge in [-0.25, -0.2) is 4.98 Å². The van der Waals surface area contributed by atoms with Gasteiger partial charge in [0.2, 0.25) is 11.8 Å². The summed E-state index contributed by atoms with van der Waals surface area (Å²) >= 11 is 1.36. The zero-order chi connectivity index (χ0) is 19.4. The molecule has 0 saturated heterocycles. The molecule has 2 amide bonds. The first-order valence-electron chi connectivity index (χ1n) is 8.39. The van der Waals surface area contributed by atoms with Crippen molar-refractivity contribution in [1.82, 2.24) is 9.55 Å². The molecule has 0 bridgehead atoms. The summed E-state index contributed by atoms with van der Waals surface area (Å²) in [4.78, 5) is 28.4. The molecule has 0 aliphatic heterocycles. The number of ether oxygens (including phenoxy) is 1. The van der Waals surface area contributed by atoms with Gasteiger partial charge in [0.15, 0.2) is 5.16 Å². The van der Waals surface area contributed by atoms with Gasteiger partial charge in [0, 0.05) is 12.1 Å². The van der Waals surface area contributed by atoms with Crippen LogP contribution in [0, 0.1) is 0 Å². The van der Waals surface area contributed by atoms with E-state index in [1.807, 2.05) is 31.2 Å². The Balaban J connectivity index is 1.74. The van der Waals surface area contributed by atoms with E-state index in [4.69, 9.17) is 10.5 Å². The molecule has 3 rings (SSSR count). The van der Waals surface area contributed by atoms with Crippen LogP contribution in [0.25, 0.3) is 11.0 Å². The highest BCUT2D eigenvalue weighted by molar-refractivity contribution is 7.99. The average Bonchev–Trinajstić information content (AvgIpc) is 3.03. The van der Waals surface area contributed by atoms with Gasteiger partial charge in [0.1, 0.15) is 5.75 Å². The summed E-state index contributed by atoms with van der Waals surface area (Å²) in [7, 11) is 1.49. The predicted octanol–water partition coefficient (Wildman–Crippen LogP) is 2.89. The van der Waals surface area contributed by atoms with Crippen molar-refractivity contribution in [1.29, 1.82) is 0 Å². The molecule has 0 radical (unpaired) electrons. The number of aromatic nitrogens is 2. The Hall–Kier alpha value is -3.00. The fraction of sp³-hybridized carbons (Fsp3) is 0.211. The number of nitrogens with zero attached hydrogens (tertiary/aromatic N) is 2. The molecular formula is C19H20N4O3S. The number of rotatable bonds is 7. The molecule has 0 unspecified atom stereocenters. The number of hydrogen-bond donors (Lipinski definition) is 2. The van der Waals surface area contributed by atoms with E-state index in [1.54, 1.807) is 12.1 Å². The van der Waals surface area contributed by atoms with Crippen LogP contribution in [0.1, 0.15) is 17.3 Å². The summed E-state index contributed by atoms with van der Waals surface area (Å²) in [6.07, 6.45) is 0. The Morgan fingerprint density at radius 1 is 1.26 bits per heavy atom. The monoisotopic (exact) mass is 384 g/mol. The highest BCUT2D eigenvalue weighted by atomic mass is 32.2. The number of benzene rings is 2. The maximum Gasteiger partial charge on any atom is 0.248 e. The Labute approximate surface area is 160 Å². The standard InChI is InChI=1S/C19H20N4O3S/c1-3-23-15-7-5-4-6-13(15)22-19(23)27-11-17(24)21-14-10-12(18(20)25)8-9-16(14)26-2/h4-10H,3,11H2,1-2H3,(H2,20,25)(H,21,24). The molecule has 0 aliphatic rings. The average molecular weight is 384 g/mol. The normalized spacial score (nSPS) is 10.7. The van der Waals surface area contributed by atoms with Crippen molar-refractivity contribution in [2.75, 3.05) is 18.2 Å². The summed E-state index contributed by atoms with van der Waals surface area (Å²) in [5, 5.41) is 3.55. The van der Waals surface area contributed by atoms with E-state index in [0.29, 0.717) is 17.0 Å². The van der Waals surface area contributed by atoms with Crippen molar-refractivity contribution in [3.05, 3.63) is 48.0 Å². The van der Waals surface area contributed by atoms with Gasteiger partial charge >= 0.3 is 0 Å². The number of thioether (sulfide) groups is 1. The van der Waals surface area contributed by atoms with Crippen molar-refractivity contribution in [2.45, 2.75) is 18.6 Å². The molecular weight excluding hydrogens is 364 g/mol. The summed E-state index contributed by atoms with van der Waals surface area (Å²) in [6, 6.07) is 12.5. The minimum atomic E-state index is -0.570. The minimum absolute atomic E-state index is 0.174. The molecule has 1 aromatic heterocycles. The number of aryl methyl sites for hydroxylation is 1. The summed E-state index contributed by atoms with van der Waals surface area (Å²) in [5.74, 6) is -0.166.